The van der Waals surface area contributed by atoms with Gasteiger partial charge in [0.2, 0.25) is 0 Å². The molecular weight excluding hydrogens is 278 g/mol. The Balaban J connectivity index is 2.18. The summed E-state index contributed by atoms with van der Waals surface area (Å²) in [5, 5.41) is 7.13. The average molecular weight is 297 g/mol. The highest BCUT2D eigenvalue weighted by Gasteiger charge is 2.20. The van der Waals surface area contributed by atoms with Gasteiger partial charge in [-0.25, -0.2) is 4.98 Å². The molecule has 0 amide bonds. The summed E-state index contributed by atoms with van der Waals surface area (Å²) in [5.41, 5.74) is 2.33. The summed E-state index contributed by atoms with van der Waals surface area (Å²) >= 11 is 1.76. The fraction of sp³-hybridized carbons (Fsp3) is 0.294. The molecule has 1 N–H and O–H groups in total. The topological polar surface area (TPSA) is 37.8 Å². The van der Waals surface area contributed by atoms with Gasteiger partial charge in [-0.3, -0.25) is 4.98 Å². The van der Waals surface area contributed by atoms with Crippen LogP contribution >= 0.6 is 11.3 Å². The second-order valence-corrected chi connectivity index (χ2v) is 6.36. The fourth-order valence-corrected chi connectivity index (χ4v) is 3.76. The van der Waals surface area contributed by atoms with E-state index >= 15 is 0 Å². The lowest BCUT2D eigenvalue weighted by Crippen LogP contribution is -2.22. The van der Waals surface area contributed by atoms with Gasteiger partial charge in [0.25, 0.3) is 0 Å². The first-order chi connectivity index (χ1) is 10.2. The highest BCUT2D eigenvalue weighted by Crippen LogP contribution is 2.33. The van der Waals surface area contributed by atoms with Crippen molar-refractivity contribution in [2.75, 3.05) is 6.54 Å². The number of nitrogens with zero attached hydrogens (tertiary/aromatic N) is 2. The summed E-state index contributed by atoms with van der Waals surface area (Å²) in [6, 6.07) is 8.57. The smallest absolute Gasteiger partial charge is 0.0900 e. The van der Waals surface area contributed by atoms with Gasteiger partial charge >= 0.3 is 0 Å². The molecule has 0 saturated carbocycles. The summed E-state index contributed by atoms with van der Waals surface area (Å²) in [5.74, 6) is 0. The predicted molar refractivity (Wildman–Crippen MR) is 88.9 cm³/mol. The average Bonchev–Trinajstić information content (AvgIpc) is 2.83. The molecule has 0 radical (unpaired) electrons. The molecule has 3 rings (SSSR count). The van der Waals surface area contributed by atoms with E-state index in [4.69, 9.17) is 0 Å². The van der Waals surface area contributed by atoms with Gasteiger partial charge in [-0.15, -0.1) is 11.3 Å². The largest absolute Gasteiger partial charge is 0.306 e. The molecule has 0 aliphatic heterocycles. The van der Waals surface area contributed by atoms with E-state index in [-0.39, 0.29) is 6.04 Å². The summed E-state index contributed by atoms with van der Waals surface area (Å²) in [4.78, 5) is 10.3. The molecule has 0 bridgehead atoms. The first-order valence-electron chi connectivity index (χ1n) is 7.20. The van der Waals surface area contributed by atoms with Crippen LogP contribution in [0.4, 0.5) is 0 Å². The van der Waals surface area contributed by atoms with Crippen LogP contribution in [0.5, 0.6) is 0 Å². The Morgan fingerprint density at radius 2 is 2.00 bits per heavy atom. The van der Waals surface area contributed by atoms with Crippen molar-refractivity contribution in [1.29, 1.82) is 0 Å². The number of thiazole rings is 1. The van der Waals surface area contributed by atoms with Crippen molar-refractivity contribution in [2.24, 2.45) is 0 Å². The molecule has 21 heavy (non-hydrogen) atoms. The molecule has 1 unspecified atom stereocenters. The maximum absolute atomic E-state index is 4.58. The fourth-order valence-electron chi connectivity index (χ4n) is 2.73. The Morgan fingerprint density at radius 3 is 2.71 bits per heavy atom. The van der Waals surface area contributed by atoms with E-state index in [1.165, 1.54) is 21.2 Å². The van der Waals surface area contributed by atoms with Crippen LogP contribution in [0.15, 0.2) is 36.7 Å². The number of hydrogen-bond donors (Lipinski definition) is 1. The third kappa shape index (κ3) is 2.69. The molecule has 3 nitrogen and oxygen atoms in total. The highest BCUT2D eigenvalue weighted by molar-refractivity contribution is 7.11. The van der Waals surface area contributed by atoms with Gasteiger partial charge in [0.1, 0.15) is 0 Å². The first kappa shape index (κ1) is 14.2. The van der Waals surface area contributed by atoms with Crippen LogP contribution in [0, 0.1) is 13.8 Å². The molecule has 0 aliphatic carbocycles. The lowest BCUT2D eigenvalue weighted by Gasteiger charge is -2.19. The number of aryl methyl sites for hydroxylation is 2. The summed E-state index contributed by atoms with van der Waals surface area (Å²) < 4.78 is 0. The maximum atomic E-state index is 4.58. The molecule has 0 fully saturated rings. The molecule has 2 aromatic heterocycles. The Labute approximate surface area is 129 Å². The van der Waals surface area contributed by atoms with Crippen molar-refractivity contribution in [2.45, 2.75) is 26.8 Å². The molecule has 108 valence electrons. The van der Waals surface area contributed by atoms with Gasteiger partial charge in [0.15, 0.2) is 0 Å². The van der Waals surface area contributed by atoms with E-state index in [2.05, 4.69) is 60.3 Å². The molecule has 0 spiro atoms. The van der Waals surface area contributed by atoms with E-state index in [1.807, 2.05) is 12.4 Å². The van der Waals surface area contributed by atoms with E-state index in [0.29, 0.717) is 0 Å². The van der Waals surface area contributed by atoms with Crippen LogP contribution in [-0.2, 0) is 0 Å². The summed E-state index contributed by atoms with van der Waals surface area (Å²) in [6.07, 6.45) is 3.90. The Kier molecular flexibility index (Phi) is 3.99. The zero-order valence-corrected chi connectivity index (χ0v) is 13.4. The van der Waals surface area contributed by atoms with Gasteiger partial charge < -0.3 is 5.32 Å². The van der Waals surface area contributed by atoms with Crippen LogP contribution in [0.3, 0.4) is 0 Å². The van der Waals surface area contributed by atoms with Crippen molar-refractivity contribution >= 4 is 22.1 Å². The van der Waals surface area contributed by atoms with Crippen molar-refractivity contribution < 1.29 is 0 Å². The zero-order chi connectivity index (χ0) is 14.8. The van der Waals surface area contributed by atoms with Gasteiger partial charge in [-0.05, 0) is 25.8 Å². The molecule has 3 aromatic rings. The number of benzene rings is 1. The molecule has 1 atom stereocenters. The highest BCUT2D eigenvalue weighted by atomic mass is 32.1. The van der Waals surface area contributed by atoms with Crippen LogP contribution in [0.2, 0.25) is 0 Å². The monoisotopic (exact) mass is 297 g/mol. The van der Waals surface area contributed by atoms with E-state index < -0.39 is 0 Å². The maximum Gasteiger partial charge on any atom is 0.0900 e. The minimum Gasteiger partial charge on any atom is -0.306 e. The van der Waals surface area contributed by atoms with Crippen molar-refractivity contribution in [1.82, 2.24) is 15.3 Å². The third-order valence-electron chi connectivity index (χ3n) is 3.62. The number of rotatable bonds is 4. The lowest BCUT2D eigenvalue weighted by molar-refractivity contribution is 0.637. The van der Waals surface area contributed by atoms with Crippen molar-refractivity contribution in [3.8, 4) is 0 Å². The van der Waals surface area contributed by atoms with Crippen LogP contribution < -0.4 is 5.32 Å². The second-order valence-electron chi connectivity index (χ2n) is 5.12. The molecule has 0 saturated heterocycles. The van der Waals surface area contributed by atoms with Gasteiger partial charge in [0, 0.05) is 28.2 Å². The number of hydrogen-bond acceptors (Lipinski definition) is 4. The normalized spacial score (nSPS) is 12.7. The molecule has 1 aromatic carbocycles. The molecule has 0 aliphatic rings. The number of aromatic nitrogens is 2. The molecular formula is C17H19N3S. The third-order valence-corrected chi connectivity index (χ3v) is 4.76. The Hall–Kier alpha value is -1.78. The Morgan fingerprint density at radius 1 is 1.19 bits per heavy atom. The zero-order valence-electron chi connectivity index (χ0n) is 12.6. The summed E-state index contributed by atoms with van der Waals surface area (Å²) in [6.45, 7) is 7.19. The minimum absolute atomic E-state index is 0.153. The van der Waals surface area contributed by atoms with Crippen molar-refractivity contribution in [3.63, 3.8) is 0 Å². The first-order valence-corrected chi connectivity index (χ1v) is 8.02. The molecule has 4 heteroatoms. The van der Waals surface area contributed by atoms with E-state index in [0.717, 1.165) is 17.2 Å². The number of pyridine rings is 1. The lowest BCUT2D eigenvalue weighted by atomic mass is 10.00. The number of nitrogens with one attached hydrogen (secondary N) is 1. The molecule has 2 heterocycles. The number of fused-ring (bicyclic) bond motifs is 1. The van der Waals surface area contributed by atoms with E-state index in [9.17, 15) is 0 Å². The van der Waals surface area contributed by atoms with Gasteiger partial charge in [-0.2, -0.15) is 0 Å². The Bertz CT molecular complexity index is 758. The van der Waals surface area contributed by atoms with Gasteiger partial charge in [0.05, 0.1) is 16.7 Å². The second kappa shape index (κ2) is 5.92. The minimum atomic E-state index is 0.153. The van der Waals surface area contributed by atoms with Gasteiger partial charge in [-0.1, -0.05) is 31.2 Å². The van der Waals surface area contributed by atoms with Crippen LogP contribution in [0.1, 0.15) is 34.1 Å². The van der Waals surface area contributed by atoms with Crippen LogP contribution in [0.25, 0.3) is 10.8 Å². The summed E-state index contributed by atoms with van der Waals surface area (Å²) in [7, 11) is 0. The SMILES string of the molecule is CCNC(c1sc(C)nc1C)c1cncc2ccccc12. The van der Waals surface area contributed by atoms with E-state index in [1.54, 1.807) is 11.3 Å². The standard InChI is InChI=1S/C17H19N3S/c1-4-19-16(17-11(2)20-12(3)21-17)15-10-18-9-13-7-5-6-8-14(13)15/h5-10,16,19H,4H2,1-3H3. The van der Waals surface area contributed by atoms with Crippen molar-refractivity contribution in [3.05, 3.63) is 57.8 Å². The van der Waals surface area contributed by atoms with Crippen LogP contribution in [-0.4, -0.2) is 16.5 Å². The quantitative estimate of drug-likeness (QED) is 0.790. The predicted octanol–water partition coefficient (Wildman–Crippen LogP) is 4.01.